The average molecular weight is 345 g/mol. The molecule has 2 aliphatic rings. The topological polar surface area (TPSA) is 53.9 Å². The standard InChI is InChI=1S/C21H23N5/c1-7-22-8-2-16(1)19-13-17-14-23-9-3-18(17)20(25-19)26-11-5-21(6-12-26)4-10-24-15-21/h1-3,7-9,13-14,24H,4-6,10-12,15H2. The summed E-state index contributed by atoms with van der Waals surface area (Å²) in [4.78, 5) is 16.0. The van der Waals surface area contributed by atoms with E-state index in [1.165, 1.54) is 37.7 Å². The molecule has 26 heavy (non-hydrogen) atoms. The first-order valence-electron chi connectivity index (χ1n) is 9.44. The van der Waals surface area contributed by atoms with Crippen LogP contribution in [0.1, 0.15) is 19.3 Å². The van der Waals surface area contributed by atoms with Crippen LogP contribution in [0.15, 0.2) is 49.1 Å². The summed E-state index contributed by atoms with van der Waals surface area (Å²) in [5, 5.41) is 5.89. The second-order valence-electron chi connectivity index (χ2n) is 7.58. The summed E-state index contributed by atoms with van der Waals surface area (Å²) < 4.78 is 0. The molecule has 3 aromatic rings. The van der Waals surface area contributed by atoms with Crippen molar-refractivity contribution >= 4 is 16.6 Å². The molecule has 5 nitrogen and oxygen atoms in total. The highest BCUT2D eigenvalue weighted by atomic mass is 15.2. The van der Waals surface area contributed by atoms with Gasteiger partial charge in [0.25, 0.3) is 0 Å². The first kappa shape index (κ1) is 15.7. The molecule has 5 heterocycles. The first-order valence-corrected chi connectivity index (χ1v) is 9.44. The monoisotopic (exact) mass is 345 g/mol. The number of pyridine rings is 3. The zero-order valence-electron chi connectivity index (χ0n) is 14.9. The van der Waals surface area contributed by atoms with Gasteiger partial charge in [0, 0.05) is 60.8 Å². The van der Waals surface area contributed by atoms with Crippen molar-refractivity contribution in [2.24, 2.45) is 5.41 Å². The Morgan fingerprint density at radius 3 is 2.54 bits per heavy atom. The Bertz CT molecular complexity index is 908. The molecule has 0 aromatic carbocycles. The molecule has 132 valence electrons. The van der Waals surface area contributed by atoms with Crippen LogP contribution < -0.4 is 10.2 Å². The van der Waals surface area contributed by atoms with Crippen LogP contribution in [0.2, 0.25) is 0 Å². The number of nitrogens with zero attached hydrogens (tertiary/aromatic N) is 4. The van der Waals surface area contributed by atoms with Crippen molar-refractivity contribution in [3.8, 4) is 11.3 Å². The maximum Gasteiger partial charge on any atom is 0.137 e. The summed E-state index contributed by atoms with van der Waals surface area (Å²) in [7, 11) is 0. The van der Waals surface area contributed by atoms with Crippen LogP contribution >= 0.6 is 0 Å². The minimum absolute atomic E-state index is 0.510. The van der Waals surface area contributed by atoms with E-state index >= 15 is 0 Å². The van der Waals surface area contributed by atoms with Gasteiger partial charge in [0.15, 0.2) is 0 Å². The number of aromatic nitrogens is 3. The number of nitrogens with one attached hydrogen (secondary N) is 1. The molecule has 5 heteroatoms. The molecule has 2 saturated heterocycles. The van der Waals surface area contributed by atoms with E-state index in [9.17, 15) is 0 Å². The van der Waals surface area contributed by atoms with Crippen LogP contribution in [-0.4, -0.2) is 41.1 Å². The number of hydrogen-bond donors (Lipinski definition) is 1. The quantitative estimate of drug-likeness (QED) is 0.772. The molecular weight excluding hydrogens is 322 g/mol. The molecular formula is C21H23N5. The molecule has 0 amide bonds. The van der Waals surface area contributed by atoms with Gasteiger partial charge in [0.1, 0.15) is 5.82 Å². The first-order chi connectivity index (χ1) is 12.8. The Balaban J connectivity index is 1.54. The lowest BCUT2D eigenvalue weighted by molar-refractivity contribution is 0.247. The van der Waals surface area contributed by atoms with Crippen molar-refractivity contribution in [3.63, 3.8) is 0 Å². The fourth-order valence-electron chi connectivity index (χ4n) is 4.41. The highest BCUT2D eigenvalue weighted by Crippen LogP contribution is 2.39. The molecule has 0 atom stereocenters. The van der Waals surface area contributed by atoms with Gasteiger partial charge in [-0.05, 0) is 55.5 Å². The van der Waals surface area contributed by atoms with E-state index < -0.39 is 0 Å². The van der Waals surface area contributed by atoms with Crippen molar-refractivity contribution in [2.75, 3.05) is 31.1 Å². The second kappa shape index (κ2) is 6.32. The second-order valence-corrected chi connectivity index (χ2v) is 7.58. The Hall–Kier alpha value is -2.53. The number of hydrogen-bond acceptors (Lipinski definition) is 5. The van der Waals surface area contributed by atoms with E-state index in [1.54, 1.807) is 0 Å². The van der Waals surface area contributed by atoms with Crippen molar-refractivity contribution in [1.82, 2.24) is 20.3 Å². The molecule has 0 radical (unpaired) electrons. The zero-order valence-corrected chi connectivity index (χ0v) is 14.9. The van der Waals surface area contributed by atoms with E-state index in [1.807, 2.05) is 36.9 Å². The van der Waals surface area contributed by atoms with Gasteiger partial charge in [-0.2, -0.15) is 0 Å². The smallest absolute Gasteiger partial charge is 0.137 e. The minimum Gasteiger partial charge on any atom is -0.356 e. The van der Waals surface area contributed by atoms with Crippen molar-refractivity contribution in [3.05, 3.63) is 49.1 Å². The van der Waals surface area contributed by atoms with E-state index in [2.05, 4.69) is 32.3 Å². The third-order valence-corrected chi connectivity index (χ3v) is 6.04. The van der Waals surface area contributed by atoms with Crippen LogP contribution in [0.25, 0.3) is 22.0 Å². The summed E-state index contributed by atoms with van der Waals surface area (Å²) >= 11 is 0. The molecule has 0 unspecified atom stereocenters. The molecule has 3 aromatic heterocycles. The highest BCUT2D eigenvalue weighted by Gasteiger charge is 2.37. The zero-order chi connectivity index (χ0) is 17.4. The molecule has 0 bridgehead atoms. The third kappa shape index (κ3) is 2.72. The number of anilines is 1. The molecule has 5 rings (SSSR count). The van der Waals surface area contributed by atoms with Crippen LogP contribution in [0.5, 0.6) is 0 Å². The van der Waals surface area contributed by atoms with Gasteiger partial charge in [0.05, 0.1) is 5.69 Å². The Morgan fingerprint density at radius 1 is 0.962 bits per heavy atom. The Labute approximate surface area is 153 Å². The van der Waals surface area contributed by atoms with Gasteiger partial charge in [-0.1, -0.05) is 0 Å². The number of fused-ring (bicyclic) bond motifs is 1. The molecule has 0 aliphatic carbocycles. The van der Waals surface area contributed by atoms with Gasteiger partial charge >= 0.3 is 0 Å². The molecule has 0 saturated carbocycles. The summed E-state index contributed by atoms with van der Waals surface area (Å²) in [5.41, 5.74) is 2.60. The number of rotatable bonds is 2. The summed E-state index contributed by atoms with van der Waals surface area (Å²) in [6.45, 7) is 4.50. The van der Waals surface area contributed by atoms with Gasteiger partial charge < -0.3 is 10.2 Å². The maximum atomic E-state index is 5.06. The van der Waals surface area contributed by atoms with Crippen LogP contribution in [-0.2, 0) is 0 Å². The Morgan fingerprint density at radius 2 is 1.77 bits per heavy atom. The summed E-state index contributed by atoms with van der Waals surface area (Å²) in [5.74, 6) is 1.09. The summed E-state index contributed by atoms with van der Waals surface area (Å²) in [6.07, 6.45) is 11.3. The minimum atomic E-state index is 0.510. The lowest BCUT2D eigenvalue weighted by atomic mass is 9.78. The van der Waals surface area contributed by atoms with Crippen molar-refractivity contribution < 1.29 is 0 Å². The molecule has 2 aliphatic heterocycles. The SMILES string of the molecule is c1cc(-c2cc3cnccc3c(N3CCC4(CCNC4)CC3)n2)ccn1. The Kier molecular flexibility index (Phi) is 3.82. The van der Waals surface area contributed by atoms with Crippen LogP contribution in [0.4, 0.5) is 5.82 Å². The molecule has 1 N–H and O–H groups in total. The van der Waals surface area contributed by atoms with Crippen molar-refractivity contribution in [1.29, 1.82) is 0 Å². The van der Waals surface area contributed by atoms with E-state index in [0.29, 0.717) is 5.41 Å². The lowest BCUT2D eigenvalue weighted by Crippen LogP contribution is -2.41. The van der Waals surface area contributed by atoms with Gasteiger partial charge in [-0.15, -0.1) is 0 Å². The fraction of sp³-hybridized carbons (Fsp3) is 0.381. The molecule has 1 spiro atoms. The van der Waals surface area contributed by atoms with E-state index in [-0.39, 0.29) is 0 Å². The molecule has 2 fully saturated rings. The fourth-order valence-corrected chi connectivity index (χ4v) is 4.41. The summed E-state index contributed by atoms with van der Waals surface area (Å²) in [6, 6.07) is 8.26. The lowest BCUT2D eigenvalue weighted by Gasteiger charge is -2.39. The maximum absolute atomic E-state index is 5.06. The van der Waals surface area contributed by atoms with Crippen LogP contribution in [0, 0.1) is 5.41 Å². The predicted octanol–water partition coefficient (Wildman–Crippen LogP) is 3.27. The van der Waals surface area contributed by atoms with E-state index in [4.69, 9.17) is 4.98 Å². The van der Waals surface area contributed by atoms with Crippen LogP contribution in [0.3, 0.4) is 0 Å². The average Bonchev–Trinajstić information content (AvgIpc) is 3.16. The largest absolute Gasteiger partial charge is 0.356 e. The third-order valence-electron chi connectivity index (χ3n) is 6.04. The van der Waals surface area contributed by atoms with Crippen molar-refractivity contribution in [2.45, 2.75) is 19.3 Å². The number of piperidine rings is 1. The van der Waals surface area contributed by atoms with E-state index in [0.717, 1.165) is 35.6 Å². The van der Waals surface area contributed by atoms with Gasteiger partial charge in [0.2, 0.25) is 0 Å². The van der Waals surface area contributed by atoms with Gasteiger partial charge in [-0.3, -0.25) is 9.97 Å². The highest BCUT2D eigenvalue weighted by molar-refractivity contribution is 5.94. The van der Waals surface area contributed by atoms with Gasteiger partial charge in [-0.25, -0.2) is 4.98 Å². The predicted molar refractivity (Wildman–Crippen MR) is 104 cm³/mol. The normalized spacial score (nSPS) is 19.3.